The number of aliphatic carboxylic acids is 2. The number of nitrogens with two attached hydrogens (primary N) is 3. The molecule has 73 heavy (non-hydrogen) atoms. The van der Waals surface area contributed by atoms with Crippen LogP contribution in [0.4, 0.5) is 0 Å². The van der Waals surface area contributed by atoms with Gasteiger partial charge in [0.05, 0.1) is 18.9 Å². The first-order chi connectivity index (χ1) is 34.2. The molecule has 24 heteroatoms. The van der Waals surface area contributed by atoms with E-state index in [9.17, 15) is 68.4 Å². The van der Waals surface area contributed by atoms with E-state index >= 15 is 0 Å². The van der Waals surface area contributed by atoms with Gasteiger partial charge in [-0.05, 0) is 91.8 Å². The third kappa shape index (κ3) is 22.7. The minimum atomic E-state index is -1.89. The molecule has 0 bridgehead atoms. The highest BCUT2D eigenvalue weighted by Crippen LogP contribution is 2.16. The summed E-state index contributed by atoms with van der Waals surface area (Å²) in [6.45, 7) is 10.6. The van der Waals surface area contributed by atoms with Crippen molar-refractivity contribution in [3.63, 3.8) is 0 Å². The Labute approximate surface area is 424 Å². The van der Waals surface area contributed by atoms with Crippen molar-refractivity contribution < 1.29 is 68.4 Å². The summed E-state index contributed by atoms with van der Waals surface area (Å²) in [6.07, 6.45) is -1.13. The van der Waals surface area contributed by atoms with Crippen LogP contribution < -0.4 is 54.4 Å². The van der Waals surface area contributed by atoms with Crippen molar-refractivity contribution in [2.24, 2.45) is 35.0 Å². The van der Waals surface area contributed by atoms with Gasteiger partial charge < -0.3 is 74.8 Å². The Kier molecular flexibility index (Phi) is 25.8. The van der Waals surface area contributed by atoms with Crippen molar-refractivity contribution in [2.75, 3.05) is 6.54 Å². The number of hydrogen-bond acceptors (Lipinski definition) is 14. The van der Waals surface area contributed by atoms with Crippen LogP contribution in [0.25, 0.3) is 0 Å². The lowest BCUT2D eigenvalue weighted by molar-refractivity contribution is -0.143. The Bertz CT molecular complexity index is 2210. The van der Waals surface area contributed by atoms with Gasteiger partial charge in [0.1, 0.15) is 53.8 Å². The molecule has 0 spiro atoms. The van der Waals surface area contributed by atoms with Crippen LogP contribution in [0.3, 0.4) is 0 Å². The van der Waals surface area contributed by atoms with E-state index in [-0.39, 0.29) is 55.6 Å². The molecule has 0 saturated heterocycles. The standard InChI is InChI=1S/C49H74N10O14/c1-25(2)19-32(51)42(65)54-34(20-26(3)4)43(66)57-37(23-39(52)62)45(68)56-36(22-29-12-16-31(61)17-13-29)47(70)59-41(27(5)6)48(71)58-38(24-40(63)64)46(69)55-35(21-28-10-14-30(60)15-11-28)44(67)53-33(49(72)73)9-7-8-18-50/h10-17,25-27,32-38,41,60-61H,7-9,18-24,50-51H2,1-6H3,(H2,52,62)(H,53,67)(H,54,65)(H,55,69)(H,56,68)(H,57,66)(H,58,71)(H,59,70)(H,63,64)(H,72,73)/t32-,33-,34-,35-,36-,37-,38-,41-/m0/s1. The average molecular weight is 1030 g/mol. The normalized spacial score (nSPS) is 14.5. The molecule has 0 heterocycles. The van der Waals surface area contributed by atoms with Crippen LogP contribution in [0.15, 0.2) is 48.5 Å². The zero-order valence-corrected chi connectivity index (χ0v) is 42.1. The number of rotatable bonds is 32. The molecule has 0 aliphatic carbocycles. The summed E-state index contributed by atoms with van der Waals surface area (Å²) in [6, 6.07) is -0.801. The second kappa shape index (κ2) is 30.5. The molecule has 0 saturated carbocycles. The molecule has 0 aliphatic rings. The van der Waals surface area contributed by atoms with Crippen LogP contribution in [0.2, 0.25) is 0 Å². The average Bonchev–Trinajstić information content (AvgIpc) is 3.29. The number of benzene rings is 2. The van der Waals surface area contributed by atoms with Crippen molar-refractivity contribution in [1.29, 1.82) is 0 Å². The van der Waals surface area contributed by atoms with E-state index in [4.69, 9.17) is 17.2 Å². The smallest absolute Gasteiger partial charge is 0.326 e. The van der Waals surface area contributed by atoms with Gasteiger partial charge in [-0.3, -0.25) is 43.2 Å². The number of carbonyl (C=O) groups excluding carboxylic acids is 8. The van der Waals surface area contributed by atoms with Gasteiger partial charge in [0, 0.05) is 12.8 Å². The van der Waals surface area contributed by atoms with E-state index in [0.717, 1.165) is 0 Å². The van der Waals surface area contributed by atoms with Crippen LogP contribution in [0.1, 0.15) is 97.6 Å². The van der Waals surface area contributed by atoms with Crippen LogP contribution >= 0.6 is 0 Å². The van der Waals surface area contributed by atoms with Crippen LogP contribution in [0, 0.1) is 17.8 Å². The first-order valence-electron chi connectivity index (χ1n) is 24.1. The Morgan fingerprint density at radius 3 is 1.32 bits per heavy atom. The molecule has 0 fully saturated rings. The van der Waals surface area contributed by atoms with Crippen LogP contribution in [-0.2, 0) is 60.8 Å². The Hall–Kier alpha value is -7.34. The minimum Gasteiger partial charge on any atom is -0.508 e. The van der Waals surface area contributed by atoms with Crippen molar-refractivity contribution in [2.45, 2.75) is 148 Å². The second-order valence-corrected chi connectivity index (χ2v) is 19.1. The second-order valence-electron chi connectivity index (χ2n) is 19.1. The van der Waals surface area contributed by atoms with E-state index < -0.39 is 126 Å². The number of carbonyl (C=O) groups is 10. The Morgan fingerprint density at radius 1 is 0.493 bits per heavy atom. The SMILES string of the molecule is CC(C)C[C@H](NC(=O)[C@@H](N)CC(C)C)C(=O)N[C@@H](CC(N)=O)C(=O)N[C@@H](Cc1ccc(O)cc1)C(=O)N[C@H](C(=O)N[C@@H](CC(=O)O)C(=O)N[C@@H](Cc1ccc(O)cc1)C(=O)N[C@@H](CCCCN)C(=O)O)C(C)C. The monoisotopic (exact) mass is 1030 g/mol. The fraction of sp³-hybridized carbons (Fsp3) is 0.551. The van der Waals surface area contributed by atoms with Gasteiger partial charge in [0.2, 0.25) is 47.3 Å². The maximum atomic E-state index is 14.3. The molecule has 2 aromatic rings. The summed E-state index contributed by atoms with van der Waals surface area (Å²) < 4.78 is 0. The summed E-state index contributed by atoms with van der Waals surface area (Å²) in [7, 11) is 0. The zero-order chi connectivity index (χ0) is 55.1. The molecule has 24 nitrogen and oxygen atoms in total. The number of carboxylic acid groups (broad SMARTS) is 2. The molecule has 0 unspecified atom stereocenters. The lowest BCUT2D eigenvalue weighted by Crippen LogP contribution is -2.61. The van der Waals surface area contributed by atoms with Gasteiger partial charge >= 0.3 is 11.9 Å². The van der Waals surface area contributed by atoms with Gasteiger partial charge in [-0.1, -0.05) is 65.8 Å². The maximum Gasteiger partial charge on any atom is 0.326 e. The largest absolute Gasteiger partial charge is 0.508 e. The highest BCUT2D eigenvalue weighted by atomic mass is 16.4. The number of phenolic OH excluding ortho intramolecular Hbond substituents is 2. The quantitative estimate of drug-likeness (QED) is 0.0388. The molecule has 17 N–H and O–H groups in total. The highest BCUT2D eigenvalue weighted by molar-refractivity contribution is 5.99. The summed E-state index contributed by atoms with van der Waals surface area (Å²) >= 11 is 0. The van der Waals surface area contributed by atoms with Crippen molar-refractivity contribution >= 4 is 59.2 Å². The van der Waals surface area contributed by atoms with Crippen molar-refractivity contribution in [3.05, 3.63) is 59.7 Å². The first-order valence-corrected chi connectivity index (χ1v) is 24.1. The van der Waals surface area contributed by atoms with Crippen molar-refractivity contribution in [3.8, 4) is 11.5 Å². The number of primary amides is 1. The highest BCUT2D eigenvalue weighted by Gasteiger charge is 2.36. The molecule has 8 atom stereocenters. The van der Waals surface area contributed by atoms with Gasteiger partial charge in [0.25, 0.3) is 0 Å². The molecule has 0 aliphatic heterocycles. The van der Waals surface area contributed by atoms with Gasteiger partial charge in [-0.2, -0.15) is 0 Å². The van der Waals surface area contributed by atoms with E-state index in [2.05, 4.69) is 37.2 Å². The molecule has 2 aromatic carbocycles. The number of unbranched alkanes of at least 4 members (excludes halogenated alkanes) is 1. The third-order valence-electron chi connectivity index (χ3n) is 11.3. The van der Waals surface area contributed by atoms with Crippen LogP contribution in [-0.4, -0.2) is 135 Å². The topological polar surface area (TPSA) is 414 Å². The first kappa shape index (κ1) is 61.8. The lowest BCUT2D eigenvalue weighted by Gasteiger charge is -2.29. The summed E-state index contributed by atoms with van der Waals surface area (Å²) in [5, 5.41) is 56.6. The van der Waals surface area contributed by atoms with Gasteiger partial charge in [-0.25, -0.2) is 4.79 Å². The molecule has 8 amide bonds. The summed E-state index contributed by atoms with van der Waals surface area (Å²) in [4.78, 5) is 133. The van der Waals surface area contributed by atoms with Gasteiger partial charge in [0.15, 0.2) is 0 Å². The number of hydrogen-bond donors (Lipinski definition) is 14. The van der Waals surface area contributed by atoms with E-state index in [1.165, 1.54) is 62.4 Å². The fourth-order valence-corrected chi connectivity index (χ4v) is 7.43. The fourth-order valence-electron chi connectivity index (χ4n) is 7.43. The number of carboxylic acids is 2. The lowest BCUT2D eigenvalue weighted by atomic mass is 9.99. The number of aromatic hydroxyl groups is 2. The molecular formula is C49H74N10O14. The predicted molar refractivity (Wildman–Crippen MR) is 265 cm³/mol. The predicted octanol–water partition coefficient (Wildman–Crippen LogP) is -1.08. The molecule has 404 valence electrons. The Morgan fingerprint density at radius 2 is 0.890 bits per heavy atom. The number of amides is 8. The number of phenols is 2. The van der Waals surface area contributed by atoms with Gasteiger partial charge in [-0.15, -0.1) is 0 Å². The minimum absolute atomic E-state index is 0.00335. The third-order valence-corrected chi connectivity index (χ3v) is 11.3. The molecule has 0 radical (unpaired) electrons. The zero-order valence-electron chi connectivity index (χ0n) is 42.1. The maximum absolute atomic E-state index is 14.3. The molecule has 0 aromatic heterocycles. The molecular weight excluding hydrogens is 953 g/mol. The van der Waals surface area contributed by atoms with E-state index in [1.807, 2.05) is 13.8 Å². The summed E-state index contributed by atoms with van der Waals surface area (Å²) in [5.41, 5.74) is 17.9. The van der Waals surface area contributed by atoms with E-state index in [0.29, 0.717) is 30.4 Å². The van der Waals surface area contributed by atoms with Crippen molar-refractivity contribution in [1.82, 2.24) is 37.2 Å². The van der Waals surface area contributed by atoms with Crippen LogP contribution in [0.5, 0.6) is 11.5 Å². The summed E-state index contributed by atoms with van der Waals surface area (Å²) in [5.74, 6) is -11.8. The Balaban J connectivity index is 2.48. The number of nitrogens with one attached hydrogen (secondary N) is 7. The molecule has 2 rings (SSSR count). The van der Waals surface area contributed by atoms with E-state index in [1.54, 1.807) is 13.8 Å².